The summed E-state index contributed by atoms with van der Waals surface area (Å²) in [6.07, 6.45) is 1.72. The van der Waals surface area contributed by atoms with E-state index in [4.69, 9.17) is 5.11 Å². The Bertz CT molecular complexity index is 516. The monoisotopic (exact) mass is 246 g/mol. The van der Waals surface area contributed by atoms with Crippen molar-refractivity contribution in [2.45, 2.75) is 13.2 Å². The van der Waals surface area contributed by atoms with Crippen LogP contribution in [0.15, 0.2) is 42.6 Å². The van der Waals surface area contributed by atoms with E-state index in [9.17, 15) is 4.39 Å². The van der Waals surface area contributed by atoms with Crippen molar-refractivity contribution in [1.29, 1.82) is 0 Å². The van der Waals surface area contributed by atoms with Crippen molar-refractivity contribution in [3.8, 4) is 0 Å². The third-order valence-corrected chi connectivity index (χ3v) is 2.73. The van der Waals surface area contributed by atoms with Gasteiger partial charge in [0.05, 0.1) is 24.5 Å². The van der Waals surface area contributed by atoms with Gasteiger partial charge in [0.2, 0.25) is 0 Å². The van der Waals surface area contributed by atoms with Gasteiger partial charge >= 0.3 is 0 Å². The van der Waals surface area contributed by atoms with E-state index in [0.29, 0.717) is 17.8 Å². The highest BCUT2D eigenvalue weighted by atomic mass is 19.1. The van der Waals surface area contributed by atoms with Gasteiger partial charge in [0.1, 0.15) is 5.82 Å². The standard InChI is InChI=1S/C14H15FN2O/c1-17(9-12-4-2-3-7-16-12)14-6-5-11(10-18)8-13(14)15/h2-8,18H,9-10H2,1H3. The Kier molecular flexibility index (Phi) is 3.89. The van der Waals surface area contributed by atoms with Crippen molar-refractivity contribution in [2.75, 3.05) is 11.9 Å². The normalized spacial score (nSPS) is 10.4. The van der Waals surface area contributed by atoms with Gasteiger partial charge in [-0.25, -0.2) is 4.39 Å². The summed E-state index contributed by atoms with van der Waals surface area (Å²) in [5.74, 6) is -0.333. The molecule has 0 unspecified atom stereocenters. The van der Waals surface area contributed by atoms with Gasteiger partial charge in [0.25, 0.3) is 0 Å². The SMILES string of the molecule is CN(Cc1ccccn1)c1ccc(CO)cc1F. The Balaban J connectivity index is 2.16. The maximum atomic E-state index is 13.8. The predicted molar refractivity (Wildman–Crippen MR) is 68.7 cm³/mol. The average molecular weight is 246 g/mol. The topological polar surface area (TPSA) is 36.4 Å². The van der Waals surface area contributed by atoms with E-state index >= 15 is 0 Å². The number of pyridine rings is 1. The summed E-state index contributed by atoms with van der Waals surface area (Å²) in [6, 6.07) is 10.4. The van der Waals surface area contributed by atoms with Gasteiger partial charge in [-0.1, -0.05) is 12.1 Å². The predicted octanol–water partition coefficient (Wildman–Crippen LogP) is 2.35. The van der Waals surface area contributed by atoms with Gasteiger partial charge in [-0.05, 0) is 29.8 Å². The molecular weight excluding hydrogens is 231 g/mol. The molecule has 3 nitrogen and oxygen atoms in total. The van der Waals surface area contributed by atoms with Gasteiger partial charge in [0.15, 0.2) is 0 Å². The zero-order valence-corrected chi connectivity index (χ0v) is 10.2. The van der Waals surface area contributed by atoms with Crippen molar-refractivity contribution in [3.63, 3.8) is 0 Å². The molecule has 1 N–H and O–H groups in total. The Morgan fingerprint density at radius 2 is 2.11 bits per heavy atom. The fourth-order valence-electron chi connectivity index (χ4n) is 1.78. The molecule has 0 saturated heterocycles. The number of aliphatic hydroxyl groups excluding tert-OH is 1. The molecule has 0 saturated carbocycles. The van der Waals surface area contributed by atoms with Gasteiger partial charge < -0.3 is 10.0 Å². The molecule has 4 heteroatoms. The van der Waals surface area contributed by atoms with E-state index in [1.165, 1.54) is 6.07 Å². The van der Waals surface area contributed by atoms with E-state index in [2.05, 4.69) is 4.98 Å². The number of anilines is 1. The highest BCUT2D eigenvalue weighted by Gasteiger charge is 2.09. The number of benzene rings is 1. The first kappa shape index (κ1) is 12.5. The summed E-state index contributed by atoms with van der Waals surface area (Å²) in [6.45, 7) is 0.386. The molecule has 0 aliphatic heterocycles. The average Bonchev–Trinajstić information content (AvgIpc) is 2.39. The van der Waals surface area contributed by atoms with E-state index in [0.717, 1.165) is 5.69 Å². The molecule has 0 aliphatic rings. The molecule has 1 aromatic carbocycles. The summed E-state index contributed by atoms with van der Waals surface area (Å²) < 4.78 is 13.8. The molecule has 18 heavy (non-hydrogen) atoms. The van der Waals surface area contributed by atoms with Crippen LogP contribution in [-0.4, -0.2) is 17.1 Å². The summed E-state index contributed by atoms with van der Waals surface area (Å²) in [7, 11) is 1.81. The minimum Gasteiger partial charge on any atom is -0.392 e. The van der Waals surface area contributed by atoms with Crippen LogP contribution in [0.3, 0.4) is 0 Å². The van der Waals surface area contributed by atoms with Crippen LogP contribution in [0.1, 0.15) is 11.3 Å². The number of aliphatic hydroxyl groups is 1. The lowest BCUT2D eigenvalue weighted by Crippen LogP contribution is -2.18. The number of hydrogen-bond acceptors (Lipinski definition) is 3. The molecule has 1 heterocycles. The number of hydrogen-bond donors (Lipinski definition) is 1. The third-order valence-electron chi connectivity index (χ3n) is 2.73. The van der Waals surface area contributed by atoms with Crippen LogP contribution in [0.2, 0.25) is 0 Å². The van der Waals surface area contributed by atoms with Crippen LogP contribution in [0.4, 0.5) is 10.1 Å². The second-order valence-corrected chi connectivity index (χ2v) is 4.12. The van der Waals surface area contributed by atoms with Gasteiger partial charge in [0, 0.05) is 13.2 Å². The minimum absolute atomic E-state index is 0.152. The Morgan fingerprint density at radius 1 is 1.28 bits per heavy atom. The molecule has 0 fully saturated rings. The third kappa shape index (κ3) is 2.84. The zero-order chi connectivity index (χ0) is 13.0. The lowest BCUT2D eigenvalue weighted by molar-refractivity contribution is 0.281. The van der Waals surface area contributed by atoms with Crippen molar-refractivity contribution >= 4 is 5.69 Å². The fraction of sp³-hybridized carbons (Fsp3) is 0.214. The van der Waals surface area contributed by atoms with Crippen LogP contribution in [0.25, 0.3) is 0 Å². The molecule has 94 valence electrons. The van der Waals surface area contributed by atoms with Crippen LogP contribution in [0, 0.1) is 5.82 Å². The highest BCUT2D eigenvalue weighted by Crippen LogP contribution is 2.20. The number of rotatable bonds is 4. The first-order valence-corrected chi connectivity index (χ1v) is 5.71. The van der Waals surface area contributed by atoms with E-state index in [-0.39, 0.29) is 12.4 Å². The van der Waals surface area contributed by atoms with Crippen molar-refractivity contribution < 1.29 is 9.50 Å². The fourth-order valence-corrected chi connectivity index (χ4v) is 1.78. The number of aromatic nitrogens is 1. The lowest BCUT2D eigenvalue weighted by Gasteiger charge is -2.19. The number of halogens is 1. The maximum absolute atomic E-state index is 13.8. The van der Waals surface area contributed by atoms with Crippen molar-refractivity contribution in [1.82, 2.24) is 4.98 Å². The molecule has 2 rings (SSSR count). The highest BCUT2D eigenvalue weighted by molar-refractivity contribution is 5.48. The zero-order valence-electron chi connectivity index (χ0n) is 10.2. The minimum atomic E-state index is -0.333. The summed E-state index contributed by atoms with van der Waals surface area (Å²) in [5.41, 5.74) is 1.95. The first-order valence-electron chi connectivity index (χ1n) is 5.71. The maximum Gasteiger partial charge on any atom is 0.146 e. The molecule has 0 atom stereocenters. The molecule has 1 aromatic heterocycles. The summed E-state index contributed by atoms with van der Waals surface area (Å²) >= 11 is 0. The molecule has 0 aliphatic carbocycles. The van der Waals surface area contributed by atoms with Gasteiger partial charge in [-0.2, -0.15) is 0 Å². The molecule has 0 radical (unpaired) electrons. The molecule has 2 aromatic rings. The lowest BCUT2D eigenvalue weighted by atomic mass is 10.2. The Morgan fingerprint density at radius 3 is 2.72 bits per heavy atom. The van der Waals surface area contributed by atoms with Crippen molar-refractivity contribution in [2.24, 2.45) is 0 Å². The second kappa shape index (κ2) is 5.60. The van der Waals surface area contributed by atoms with Crippen LogP contribution >= 0.6 is 0 Å². The number of nitrogens with zero attached hydrogens (tertiary/aromatic N) is 2. The van der Waals surface area contributed by atoms with Gasteiger partial charge in [-0.3, -0.25) is 4.98 Å². The summed E-state index contributed by atoms with van der Waals surface area (Å²) in [5, 5.41) is 8.94. The van der Waals surface area contributed by atoms with Crippen molar-refractivity contribution in [3.05, 3.63) is 59.7 Å². The molecule has 0 spiro atoms. The smallest absolute Gasteiger partial charge is 0.146 e. The van der Waals surface area contributed by atoms with Gasteiger partial charge in [-0.15, -0.1) is 0 Å². The molecule has 0 amide bonds. The largest absolute Gasteiger partial charge is 0.392 e. The Labute approximate surface area is 106 Å². The van der Waals surface area contributed by atoms with Crippen LogP contribution in [-0.2, 0) is 13.2 Å². The van der Waals surface area contributed by atoms with E-state index < -0.39 is 0 Å². The molecule has 0 bridgehead atoms. The quantitative estimate of drug-likeness (QED) is 0.899. The van der Waals surface area contributed by atoms with Crippen LogP contribution < -0.4 is 4.90 Å². The van der Waals surface area contributed by atoms with E-state index in [1.807, 2.05) is 25.2 Å². The summed E-state index contributed by atoms with van der Waals surface area (Å²) in [4.78, 5) is 5.99. The second-order valence-electron chi connectivity index (χ2n) is 4.12. The first-order chi connectivity index (χ1) is 8.70. The Hall–Kier alpha value is -1.94. The van der Waals surface area contributed by atoms with E-state index in [1.54, 1.807) is 23.2 Å². The van der Waals surface area contributed by atoms with Crippen LogP contribution in [0.5, 0.6) is 0 Å². The molecular formula is C14H15FN2O.